The van der Waals surface area contributed by atoms with Crippen LogP contribution in [-0.4, -0.2) is 36.4 Å². The summed E-state index contributed by atoms with van der Waals surface area (Å²) in [6, 6.07) is -0.655. The number of carbonyl (C=O) groups is 2. The van der Waals surface area contributed by atoms with Crippen molar-refractivity contribution >= 4 is 11.8 Å². The summed E-state index contributed by atoms with van der Waals surface area (Å²) in [7, 11) is 1.65. The second-order valence-electron chi connectivity index (χ2n) is 4.00. The Balaban J connectivity index is 2.97. The van der Waals surface area contributed by atoms with Crippen LogP contribution in [0.25, 0.3) is 0 Å². The highest BCUT2D eigenvalue weighted by atomic mass is 16.5. The van der Waals surface area contributed by atoms with Gasteiger partial charge in [-0.3, -0.25) is 9.59 Å². The van der Waals surface area contributed by atoms with E-state index in [0.717, 1.165) is 0 Å². The Morgan fingerprint density at radius 1 is 1.61 bits per heavy atom. The van der Waals surface area contributed by atoms with Crippen LogP contribution in [0.3, 0.4) is 0 Å². The van der Waals surface area contributed by atoms with Crippen LogP contribution < -0.4 is 5.32 Å². The topological polar surface area (TPSA) is 58.6 Å². The highest BCUT2D eigenvalue weighted by Gasteiger charge is 2.29. The van der Waals surface area contributed by atoms with Crippen LogP contribution in [0.2, 0.25) is 0 Å². The van der Waals surface area contributed by atoms with Gasteiger partial charge in [0.15, 0.2) is 0 Å². The first kappa shape index (κ1) is 14.0. The largest absolute Gasteiger partial charge is 0.493 e. The summed E-state index contributed by atoms with van der Waals surface area (Å²) in [5.74, 6) is 0.177. The zero-order valence-electron chi connectivity index (χ0n) is 10.9. The van der Waals surface area contributed by atoms with Crippen LogP contribution in [0.4, 0.5) is 0 Å². The molecule has 1 N–H and O–H groups in total. The molecule has 2 amide bonds. The Morgan fingerprint density at radius 3 is 2.83 bits per heavy atom. The molecular weight excluding hydrogens is 232 g/mol. The molecule has 1 aliphatic heterocycles. The molecule has 98 valence electrons. The first-order valence-electron chi connectivity index (χ1n) is 5.64. The third kappa shape index (κ3) is 3.23. The Kier molecular flexibility index (Phi) is 4.71. The molecule has 1 aliphatic rings. The molecule has 0 aromatic rings. The standard InChI is InChI=1S/C13H18N2O3/c1-5-6-7-12-9(2)18-8-11(14-10(3)16)13(17)15(12)4/h5-7,11H,1,8H2,2-4H3,(H,14,16)/b7-6-/t11-/m0/s1. The Labute approximate surface area is 107 Å². The molecule has 0 aromatic heterocycles. The number of amides is 2. The van der Waals surface area contributed by atoms with Gasteiger partial charge in [0.25, 0.3) is 5.91 Å². The summed E-state index contributed by atoms with van der Waals surface area (Å²) in [4.78, 5) is 24.6. The van der Waals surface area contributed by atoms with E-state index >= 15 is 0 Å². The third-order valence-corrected chi connectivity index (χ3v) is 2.58. The van der Waals surface area contributed by atoms with Crippen molar-refractivity contribution in [3.05, 3.63) is 36.3 Å². The molecule has 0 radical (unpaired) electrons. The van der Waals surface area contributed by atoms with Gasteiger partial charge in [-0.15, -0.1) is 0 Å². The summed E-state index contributed by atoms with van der Waals surface area (Å²) in [6.45, 7) is 6.87. The SMILES string of the molecule is C=C/C=C\C1=C(C)OC[C@H](NC(C)=O)C(=O)N1C. The quantitative estimate of drug-likeness (QED) is 0.759. The fourth-order valence-electron chi connectivity index (χ4n) is 1.68. The minimum absolute atomic E-state index is 0.139. The van der Waals surface area contributed by atoms with E-state index in [9.17, 15) is 9.59 Å². The van der Waals surface area contributed by atoms with E-state index < -0.39 is 6.04 Å². The van der Waals surface area contributed by atoms with Crippen molar-refractivity contribution in [2.24, 2.45) is 0 Å². The van der Waals surface area contributed by atoms with Gasteiger partial charge in [0.1, 0.15) is 18.4 Å². The second-order valence-corrected chi connectivity index (χ2v) is 4.00. The van der Waals surface area contributed by atoms with Crippen molar-refractivity contribution in [1.82, 2.24) is 10.2 Å². The maximum absolute atomic E-state index is 12.1. The zero-order chi connectivity index (χ0) is 13.7. The lowest BCUT2D eigenvalue weighted by atomic mass is 10.2. The van der Waals surface area contributed by atoms with Crippen molar-refractivity contribution < 1.29 is 14.3 Å². The molecular formula is C13H18N2O3. The number of carbonyl (C=O) groups excluding carboxylic acids is 2. The predicted molar refractivity (Wildman–Crippen MR) is 68.4 cm³/mol. The molecule has 1 heterocycles. The van der Waals surface area contributed by atoms with E-state index in [0.29, 0.717) is 11.5 Å². The maximum atomic E-state index is 12.1. The molecule has 5 heteroatoms. The zero-order valence-corrected chi connectivity index (χ0v) is 10.9. The smallest absolute Gasteiger partial charge is 0.252 e. The fourth-order valence-corrected chi connectivity index (χ4v) is 1.68. The first-order chi connectivity index (χ1) is 8.47. The van der Waals surface area contributed by atoms with E-state index in [1.165, 1.54) is 11.8 Å². The van der Waals surface area contributed by atoms with Gasteiger partial charge in [-0.2, -0.15) is 0 Å². The van der Waals surface area contributed by atoms with Gasteiger partial charge in [0.2, 0.25) is 5.91 Å². The number of nitrogens with one attached hydrogen (secondary N) is 1. The molecule has 0 saturated heterocycles. The number of allylic oxidation sites excluding steroid dienone is 4. The maximum Gasteiger partial charge on any atom is 0.252 e. The van der Waals surface area contributed by atoms with Crippen LogP contribution >= 0.6 is 0 Å². The second kappa shape index (κ2) is 6.05. The summed E-state index contributed by atoms with van der Waals surface area (Å²) >= 11 is 0. The minimum Gasteiger partial charge on any atom is -0.493 e. The number of hydrogen-bond donors (Lipinski definition) is 1. The van der Waals surface area contributed by atoms with Crippen molar-refractivity contribution in [2.75, 3.05) is 13.7 Å². The number of likely N-dealkylation sites (N-methyl/N-ethyl adjacent to an activating group) is 1. The number of ether oxygens (including phenoxy) is 1. The van der Waals surface area contributed by atoms with E-state index in [1.807, 2.05) is 0 Å². The Hall–Kier alpha value is -2.04. The molecule has 0 spiro atoms. The van der Waals surface area contributed by atoms with Gasteiger partial charge in [0, 0.05) is 14.0 Å². The average molecular weight is 250 g/mol. The Bertz CT molecular complexity index is 424. The third-order valence-electron chi connectivity index (χ3n) is 2.58. The summed E-state index contributed by atoms with van der Waals surface area (Å²) in [5.41, 5.74) is 0.660. The lowest BCUT2D eigenvalue weighted by Gasteiger charge is -2.20. The predicted octanol–water partition coefficient (Wildman–Crippen LogP) is 0.953. The van der Waals surface area contributed by atoms with E-state index in [4.69, 9.17) is 4.74 Å². The molecule has 0 bridgehead atoms. The van der Waals surface area contributed by atoms with Crippen molar-refractivity contribution in [1.29, 1.82) is 0 Å². The molecule has 0 unspecified atom stereocenters. The molecule has 0 aliphatic carbocycles. The van der Waals surface area contributed by atoms with Crippen molar-refractivity contribution in [2.45, 2.75) is 19.9 Å². The number of rotatable bonds is 3. The molecule has 0 saturated carbocycles. The van der Waals surface area contributed by atoms with Crippen molar-refractivity contribution in [3.63, 3.8) is 0 Å². The highest BCUT2D eigenvalue weighted by Crippen LogP contribution is 2.17. The van der Waals surface area contributed by atoms with E-state index in [1.54, 1.807) is 32.2 Å². The highest BCUT2D eigenvalue weighted by molar-refractivity contribution is 5.88. The molecule has 1 rings (SSSR count). The lowest BCUT2D eigenvalue weighted by Crippen LogP contribution is -2.47. The van der Waals surface area contributed by atoms with Gasteiger partial charge in [0.05, 0.1) is 5.70 Å². The van der Waals surface area contributed by atoms with Crippen LogP contribution in [0.1, 0.15) is 13.8 Å². The fraction of sp³-hybridized carbons (Fsp3) is 0.385. The van der Waals surface area contributed by atoms with Gasteiger partial charge in [-0.25, -0.2) is 0 Å². The van der Waals surface area contributed by atoms with Gasteiger partial charge < -0.3 is 15.0 Å². The number of nitrogens with zero attached hydrogens (tertiary/aromatic N) is 1. The van der Waals surface area contributed by atoms with E-state index in [2.05, 4.69) is 11.9 Å². The molecule has 18 heavy (non-hydrogen) atoms. The summed E-state index contributed by atoms with van der Waals surface area (Å²) in [5, 5.41) is 2.57. The normalized spacial score (nSPS) is 20.7. The first-order valence-corrected chi connectivity index (χ1v) is 5.64. The summed E-state index contributed by atoms with van der Waals surface area (Å²) < 4.78 is 5.48. The van der Waals surface area contributed by atoms with Crippen LogP contribution in [-0.2, 0) is 14.3 Å². The summed E-state index contributed by atoms with van der Waals surface area (Å²) in [6.07, 6.45) is 5.09. The molecule has 0 aromatic carbocycles. The van der Waals surface area contributed by atoms with Crippen LogP contribution in [0.5, 0.6) is 0 Å². The monoisotopic (exact) mass is 250 g/mol. The van der Waals surface area contributed by atoms with Crippen LogP contribution in [0, 0.1) is 0 Å². The van der Waals surface area contributed by atoms with Crippen LogP contribution in [0.15, 0.2) is 36.3 Å². The van der Waals surface area contributed by atoms with Crippen molar-refractivity contribution in [3.8, 4) is 0 Å². The van der Waals surface area contributed by atoms with Gasteiger partial charge >= 0.3 is 0 Å². The number of hydrogen-bond acceptors (Lipinski definition) is 3. The average Bonchev–Trinajstić information content (AvgIpc) is 2.40. The van der Waals surface area contributed by atoms with Gasteiger partial charge in [-0.1, -0.05) is 18.7 Å². The lowest BCUT2D eigenvalue weighted by molar-refractivity contribution is -0.133. The molecule has 5 nitrogen and oxygen atoms in total. The molecule has 1 atom stereocenters. The molecule has 0 fully saturated rings. The minimum atomic E-state index is -0.655. The Morgan fingerprint density at radius 2 is 2.28 bits per heavy atom. The van der Waals surface area contributed by atoms with Gasteiger partial charge in [-0.05, 0) is 13.0 Å². The van der Waals surface area contributed by atoms with E-state index in [-0.39, 0.29) is 18.4 Å².